The molecule has 2 aromatic rings. The Labute approximate surface area is 160 Å². The molecule has 0 aliphatic rings. The third kappa shape index (κ3) is 5.42. The van der Waals surface area contributed by atoms with Gasteiger partial charge in [-0.3, -0.25) is 0 Å². The Bertz CT molecular complexity index is 890. The van der Waals surface area contributed by atoms with Gasteiger partial charge in [-0.15, -0.1) is 0 Å². The molecule has 28 heavy (non-hydrogen) atoms. The van der Waals surface area contributed by atoms with E-state index in [9.17, 15) is 18.0 Å². The zero-order valence-electron chi connectivity index (χ0n) is 15.5. The van der Waals surface area contributed by atoms with Gasteiger partial charge in [-0.25, -0.2) is 14.8 Å². The minimum absolute atomic E-state index is 0.0572. The van der Waals surface area contributed by atoms with E-state index in [2.05, 4.69) is 9.97 Å². The van der Waals surface area contributed by atoms with Crippen LogP contribution >= 0.6 is 0 Å². The van der Waals surface area contributed by atoms with Gasteiger partial charge in [0, 0.05) is 23.8 Å². The molecule has 0 saturated carbocycles. The number of hydrogen-bond acceptors (Lipinski definition) is 4. The van der Waals surface area contributed by atoms with E-state index < -0.39 is 17.8 Å². The highest BCUT2D eigenvalue weighted by Crippen LogP contribution is 2.31. The van der Waals surface area contributed by atoms with E-state index in [1.54, 1.807) is 6.07 Å². The molecule has 0 bridgehead atoms. The van der Waals surface area contributed by atoms with Crippen molar-refractivity contribution in [2.45, 2.75) is 38.9 Å². The lowest BCUT2D eigenvalue weighted by atomic mass is 10.1. The molecule has 0 unspecified atom stereocenters. The molecule has 0 radical (unpaired) electrons. The fourth-order valence-corrected chi connectivity index (χ4v) is 2.73. The van der Waals surface area contributed by atoms with Gasteiger partial charge in [0.05, 0.1) is 11.3 Å². The second-order valence-electron chi connectivity index (χ2n) is 6.49. The predicted molar refractivity (Wildman–Crippen MR) is 96.9 cm³/mol. The van der Waals surface area contributed by atoms with Gasteiger partial charge in [0.15, 0.2) is 0 Å². The topological polar surface area (TPSA) is 95.9 Å². The number of alkyl halides is 3. The van der Waals surface area contributed by atoms with Crippen LogP contribution in [0.3, 0.4) is 0 Å². The first-order valence-corrected chi connectivity index (χ1v) is 8.63. The smallest absolute Gasteiger partial charge is 0.351 e. The van der Waals surface area contributed by atoms with E-state index in [1.165, 1.54) is 17.0 Å². The Morgan fingerprint density at radius 2 is 2.00 bits per heavy atom. The van der Waals surface area contributed by atoms with Crippen LogP contribution in [0.4, 0.5) is 18.0 Å². The highest BCUT2D eigenvalue weighted by atomic mass is 19.4. The van der Waals surface area contributed by atoms with E-state index >= 15 is 0 Å². The minimum atomic E-state index is -4.47. The number of aromatic nitrogens is 2. The summed E-state index contributed by atoms with van der Waals surface area (Å²) in [7, 11) is 0. The average molecular weight is 391 g/mol. The summed E-state index contributed by atoms with van der Waals surface area (Å²) >= 11 is 0. The van der Waals surface area contributed by atoms with Gasteiger partial charge >= 0.3 is 12.2 Å². The van der Waals surface area contributed by atoms with Crippen LogP contribution in [0.1, 0.15) is 37.4 Å². The van der Waals surface area contributed by atoms with Gasteiger partial charge in [-0.05, 0) is 44.9 Å². The molecular weight excluding hydrogens is 371 g/mol. The number of halogens is 3. The third-order valence-electron chi connectivity index (χ3n) is 4.10. The number of nitriles is 1. The molecule has 0 fully saturated rings. The maximum Gasteiger partial charge on any atom is 0.416 e. The monoisotopic (exact) mass is 391 g/mol. The number of amides is 2. The van der Waals surface area contributed by atoms with Gasteiger partial charge in [0.25, 0.3) is 0 Å². The molecule has 2 rings (SSSR count). The zero-order chi connectivity index (χ0) is 20.9. The molecule has 1 aromatic carbocycles. The van der Waals surface area contributed by atoms with Crippen molar-refractivity contribution in [3.05, 3.63) is 47.4 Å². The average Bonchev–Trinajstić information content (AvgIpc) is 2.63. The molecule has 2 N–H and O–H groups in total. The van der Waals surface area contributed by atoms with E-state index in [4.69, 9.17) is 11.0 Å². The summed E-state index contributed by atoms with van der Waals surface area (Å²) in [5.41, 5.74) is 5.54. The predicted octanol–water partition coefficient (Wildman–Crippen LogP) is 3.76. The lowest BCUT2D eigenvalue weighted by Gasteiger charge is -2.24. The Morgan fingerprint density at radius 1 is 1.29 bits per heavy atom. The quantitative estimate of drug-likeness (QED) is 0.811. The van der Waals surface area contributed by atoms with Gasteiger partial charge in [-0.1, -0.05) is 12.1 Å². The van der Waals surface area contributed by atoms with Crippen molar-refractivity contribution in [3.8, 4) is 17.3 Å². The Balaban J connectivity index is 2.25. The maximum absolute atomic E-state index is 13.0. The van der Waals surface area contributed by atoms with Gasteiger partial charge in [-0.2, -0.15) is 18.4 Å². The van der Waals surface area contributed by atoms with Crippen LogP contribution < -0.4 is 5.73 Å². The standard InChI is InChI=1S/C19H20F3N5O/c1-12(2)27(18(24)28)8-4-7-15-10-16(26-17(11-23)25-15)13-5-3-6-14(9-13)19(20,21)22/h3,5-6,9-10,12H,4,7-8H2,1-2H3,(H2,24,28). The van der Waals surface area contributed by atoms with Crippen molar-refractivity contribution in [3.63, 3.8) is 0 Å². The Kier molecular flexibility index (Phi) is 6.57. The molecule has 0 saturated heterocycles. The summed E-state index contributed by atoms with van der Waals surface area (Å²) < 4.78 is 38.9. The fraction of sp³-hybridized carbons (Fsp3) is 0.368. The number of aryl methyl sites for hydroxylation is 1. The number of nitrogens with two attached hydrogens (primary N) is 1. The van der Waals surface area contributed by atoms with Crippen LogP contribution in [0, 0.1) is 11.3 Å². The maximum atomic E-state index is 13.0. The molecule has 0 aliphatic carbocycles. The molecule has 9 heteroatoms. The number of urea groups is 1. The van der Waals surface area contributed by atoms with E-state index in [0.717, 1.165) is 12.1 Å². The molecule has 0 spiro atoms. The number of hydrogen-bond donors (Lipinski definition) is 1. The molecule has 2 amide bonds. The molecule has 148 valence electrons. The van der Waals surface area contributed by atoms with Crippen LogP contribution in [0.5, 0.6) is 0 Å². The summed E-state index contributed by atoms with van der Waals surface area (Å²) in [6, 6.07) is 7.55. The second-order valence-corrected chi connectivity index (χ2v) is 6.49. The third-order valence-corrected chi connectivity index (χ3v) is 4.10. The largest absolute Gasteiger partial charge is 0.416 e. The van der Waals surface area contributed by atoms with Crippen LogP contribution in [0.25, 0.3) is 11.3 Å². The van der Waals surface area contributed by atoms with Crippen LogP contribution in [-0.2, 0) is 12.6 Å². The molecule has 6 nitrogen and oxygen atoms in total. The molecular formula is C19H20F3N5O. The summed E-state index contributed by atoms with van der Waals surface area (Å²) in [5.74, 6) is -0.125. The molecule has 0 aliphatic heterocycles. The van der Waals surface area contributed by atoms with Gasteiger partial charge in [0.2, 0.25) is 5.82 Å². The van der Waals surface area contributed by atoms with Crippen molar-refractivity contribution in [1.82, 2.24) is 14.9 Å². The summed E-state index contributed by atoms with van der Waals surface area (Å²) in [6.07, 6.45) is -3.52. The first-order valence-electron chi connectivity index (χ1n) is 8.63. The number of rotatable bonds is 6. The number of nitrogens with zero attached hydrogens (tertiary/aromatic N) is 4. The molecule has 1 heterocycles. The highest BCUT2D eigenvalue weighted by molar-refractivity contribution is 5.72. The fourth-order valence-electron chi connectivity index (χ4n) is 2.73. The summed E-state index contributed by atoms with van der Waals surface area (Å²) in [6.45, 7) is 4.09. The number of carbonyl (C=O) groups excluding carboxylic acids is 1. The zero-order valence-corrected chi connectivity index (χ0v) is 15.5. The van der Waals surface area contributed by atoms with Crippen molar-refractivity contribution >= 4 is 6.03 Å². The van der Waals surface area contributed by atoms with E-state index in [-0.39, 0.29) is 23.1 Å². The van der Waals surface area contributed by atoms with Crippen molar-refractivity contribution in [2.75, 3.05) is 6.54 Å². The lowest BCUT2D eigenvalue weighted by molar-refractivity contribution is -0.137. The van der Waals surface area contributed by atoms with Crippen LogP contribution in [-0.4, -0.2) is 33.5 Å². The second kappa shape index (κ2) is 8.69. The van der Waals surface area contributed by atoms with E-state index in [1.807, 2.05) is 19.9 Å². The lowest BCUT2D eigenvalue weighted by Crippen LogP contribution is -2.41. The summed E-state index contributed by atoms with van der Waals surface area (Å²) in [4.78, 5) is 21.1. The first-order chi connectivity index (χ1) is 13.1. The molecule has 0 atom stereocenters. The van der Waals surface area contributed by atoms with Gasteiger partial charge < -0.3 is 10.6 Å². The van der Waals surface area contributed by atoms with Crippen LogP contribution in [0.2, 0.25) is 0 Å². The highest BCUT2D eigenvalue weighted by Gasteiger charge is 2.30. The Hall–Kier alpha value is -3.15. The number of benzene rings is 1. The van der Waals surface area contributed by atoms with E-state index in [0.29, 0.717) is 25.1 Å². The number of carbonyl (C=O) groups is 1. The first kappa shape index (κ1) is 21.2. The van der Waals surface area contributed by atoms with Crippen molar-refractivity contribution < 1.29 is 18.0 Å². The number of primary amides is 1. The molecule has 1 aromatic heterocycles. The minimum Gasteiger partial charge on any atom is -0.351 e. The van der Waals surface area contributed by atoms with Gasteiger partial charge in [0.1, 0.15) is 6.07 Å². The Morgan fingerprint density at radius 3 is 2.57 bits per heavy atom. The van der Waals surface area contributed by atoms with Crippen molar-refractivity contribution in [1.29, 1.82) is 5.26 Å². The SMILES string of the molecule is CC(C)N(CCCc1cc(-c2cccc(C(F)(F)F)c2)nc(C#N)n1)C(N)=O. The van der Waals surface area contributed by atoms with Crippen LogP contribution in [0.15, 0.2) is 30.3 Å². The normalized spacial score (nSPS) is 11.3. The summed E-state index contributed by atoms with van der Waals surface area (Å²) in [5, 5.41) is 9.15. The van der Waals surface area contributed by atoms with Crippen molar-refractivity contribution in [2.24, 2.45) is 5.73 Å².